The molecule has 1 aliphatic heterocycles. The van der Waals surface area contributed by atoms with Crippen molar-refractivity contribution in [3.05, 3.63) is 59.2 Å². The number of nitrogens with one attached hydrogen (secondary N) is 1. The van der Waals surface area contributed by atoms with E-state index in [9.17, 15) is 9.59 Å². The number of likely N-dealkylation sites (tertiary alicyclic amines) is 1. The number of rotatable bonds is 8. The van der Waals surface area contributed by atoms with Crippen molar-refractivity contribution in [1.29, 1.82) is 0 Å². The van der Waals surface area contributed by atoms with Crippen LogP contribution in [-0.2, 0) is 4.79 Å². The molecule has 6 heteroatoms. The molecule has 0 spiro atoms. The zero-order valence-electron chi connectivity index (χ0n) is 19.7. The van der Waals surface area contributed by atoms with Crippen molar-refractivity contribution >= 4 is 11.8 Å². The summed E-state index contributed by atoms with van der Waals surface area (Å²) in [6, 6.07) is 13.2. The molecule has 1 heterocycles. The van der Waals surface area contributed by atoms with Crippen LogP contribution in [0.3, 0.4) is 0 Å². The lowest BCUT2D eigenvalue weighted by molar-refractivity contribution is -0.124. The molecule has 0 aromatic heterocycles. The normalized spacial score (nSPS) is 18.0. The number of hydrogen-bond donors (Lipinski definition) is 1. The number of amides is 2. The van der Waals surface area contributed by atoms with E-state index in [1.807, 2.05) is 49.4 Å². The summed E-state index contributed by atoms with van der Waals surface area (Å²) in [5.41, 5.74) is 2.52. The average molecular weight is 439 g/mol. The Hall–Kier alpha value is -3.02. The highest BCUT2D eigenvalue weighted by Gasteiger charge is 2.41. The van der Waals surface area contributed by atoms with E-state index >= 15 is 0 Å². The van der Waals surface area contributed by atoms with Crippen molar-refractivity contribution < 1.29 is 19.1 Å². The first-order valence-corrected chi connectivity index (χ1v) is 11.2. The molecule has 0 radical (unpaired) electrons. The van der Waals surface area contributed by atoms with Gasteiger partial charge >= 0.3 is 0 Å². The summed E-state index contributed by atoms with van der Waals surface area (Å²) in [7, 11) is 3.22. The predicted molar refractivity (Wildman–Crippen MR) is 125 cm³/mol. The molecule has 3 rings (SSSR count). The van der Waals surface area contributed by atoms with Crippen LogP contribution in [0.1, 0.15) is 47.7 Å². The van der Waals surface area contributed by atoms with Gasteiger partial charge in [0.1, 0.15) is 11.5 Å². The van der Waals surface area contributed by atoms with Crippen LogP contribution in [0.5, 0.6) is 11.5 Å². The van der Waals surface area contributed by atoms with Crippen LogP contribution in [0.4, 0.5) is 0 Å². The fourth-order valence-corrected chi connectivity index (χ4v) is 4.27. The van der Waals surface area contributed by atoms with Gasteiger partial charge in [0, 0.05) is 42.7 Å². The Morgan fingerprint density at radius 1 is 1.09 bits per heavy atom. The molecule has 0 unspecified atom stereocenters. The Labute approximate surface area is 190 Å². The molecule has 1 N–H and O–H groups in total. The van der Waals surface area contributed by atoms with Gasteiger partial charge in [0.05, 0.1) is 20.1 Å². The van der Waals surface area contributed by atoms with Gasteiger partial charge in [-0.15, -0.1) is 0 Å². The number of methoxy groups -OCH3 is 2. The largest absolute Gasteiger partial charge is 0.497 e. The third-order valence-corrected chi connectivity index (χ3v) is 6.18. The lowest BCUT2D eigenvalue weighted by atomic mass is 9.87. The molecule has 1 fully saturated rings. The first-order chi connectivity index (χ1) is 15.3. The first-order valence-electron chi connectivity index (χ1n) is 11.2. The number of benzene rings is 2. The number of carbonyl (C=O) groups is 2. The number of hydrogen-bond acceptors (Lipinski definition) is 4. The minimum absolute atomic E-state index is 0.0198. The Kier molecular flexibility index (Phi) is 7.78. The van der Waals surface area contributed by atoms with Crippen LogP contribution in [0.15, 0.2) is 42.5 Å². The fourth-order valence-electron chi connectivity index (χ4n) is 4.27. The molecule has 0 saturated carbocycles. The average Bonchev–Trinajstić information content (AvgIpc) is 3.23. The Balaban J connectivity index is 1.90. The van der Waals surface area contributed by atoms with Crippen LogP contribution in [-0.4, -0.2) is 50.6 Å². The van der Waals surface area contributed by atoms with E-state index in [1.54, 1.807) is 19.1 Å². The third-order valence-electron chi connectivity index (χ3n) is 6.18. The van der Waals surface area contributed by atoms with E-state index in [2.05, 4.69) is 19.2 Å². The molecule has 172 valence electrons. The molecule has 2 amide bonds. The highest BCUT2D eigenvalue weighted by Crippen LogP contribution is 2.39. The molecule has 1 aliphatic rings. The van der Waals surface area contributed by atoms with Crippen LogP contribution in [0.25, 0.3) is 0 Å². The topological polar surface area (TPSA) is 67.9 Å². The fraction of sp³-hybridized carbons (Fsp3) is 0.462. The highest BCUT2D eigenvalue weighted by atomic mass is 16.5. The lowest BCUT2D eigenvalue weighted by Gasteiger charge is -2.21. The molecular formula is C26H34N2O4. The van der Waals surface area contributed by atoms with Crippen molar-refractivity contribution in [3.63, 3.8) is 0 Å². The van der Waals surface area contributed by atoms with E-state index in [-0.39, 0.29) is 23.7 Å². The molecule has 2 atom stereocenters. The van der Waals surface area contributed by atoms with Gasteiger partial charge in [-0.2, -0.15) is 0 Å². The summed E-state index contributed by atoms with van der Waals surface area (Å²) in [5.74, 6) is 1.29. The van der Waals surface area contributed by atoms with Crippen molar-refractivity contribution in [3.8, 4) is 11.5 Å². The third kappa shape index (κ3) is 5.23. The maximum atomic E-state index is 13.3. The van der Waals surface area contributed by atoms with E-state index in [0.717, 1.165) is 17.5 Å². The minimum atomic E-state index is -0.350. The monoisotopic (exact) mass is 438 g/mol. The second-order valence-corrected chi connectivity index (χ2v) is 8.82. The maximum absolute atomic E-state index is 13.3. The molecular weight excluding hydrogens is 404 g/mol. The summed E-state index contributed by atoms with van der Waals surface area (Å²) in [6.45, 7) is 7.66. The summed E-state index contributed by atoms with van der Waals surface area (Å²) in [5, 5.41) is 3.08. The molecule has 0 bridgehead atoms. The molecule has 2 aromatic rings. The van der Waals surface area contributed by atoms with Crippen molar-refractivity contribution in [2.45, 2.75) is 33.1 Å². The molecule has 0 aliphatic carbocycles. The zero-order chi connectivity index (χ0) is 23.3. The standard InChI is InChI=1S/C26H34N2O4/c1-17(2)12-13-27-25(29)23-16-28(26(30)20-9-7-6-8-18(20)3)15-22(23)21-11-10-19(31-4)14-24(21)32-5/h6-11,14,17,22-23H,12-13,15-16H2,1-5H3,(H,27,29)/t22-,23+/m0/s1. The van der Waals surface area contributed by atoms with Crippen LogP contribution < -0.4 is 14.8 Å². The van der Waals surface area contributed by atoms with E-state index in [4.69, 9.17) is 9.47 Å². The second-order valence-electron chi connectivity index (χ2n) is 8.82. The second kappa shape index (κ2) is 10.5. The van der Waals surface area contributed by atoms with Gasteiger partial charge in [0.15, 0.2) is 0 Å². The van der Waals surface area contributed by atoms with E-state index < -0.39 is 0 Å². The Morgan fingerprint density at radius 2 is 1.84 bits per heavy atom. The van der Waals surface area contributed by atoms with Gasteiger partial charge in [0.25, 0.3) is 5.91 Å². The summed E-state index contributed by atoms with van der Waals surface area (Å²) >= 11 is 0. The summed E-state index contributed by atoms with van der Waals surface area (Å²) < 4.78 is 11.0. The Bertz CT molecular complexity index is 957. The van der Waals surface area contributed by atoms with Crippen molar-refractivity contribution in [2.24, 2.45) is 11.8 Å². The number of carbonyl (C=O) groups excluding carboxylic acids is 2. The quantitative estimate of drug-likeness (QED) is 0.676. The minimum Gasteiger partial charge on any atom is -0.497 e. The predicted octanol–water partition coefficient (Wildman–Crippen LogP) is 4.03. The lowest BCUT2D eigenvalue weighted by Crippen LogP contribution is -2.36. The SMILES string of the molecule is COc1ccc([C@@H]2CN(C(=O)c3ccccc3C)C[C@H]2C(=O)NCCC(C)C)c(OC)c1. The first kappa shape index (κ1) is 23.6. The van der Waals surface area contributed by atoms with Crippen LogP contribution in [0.2, 0.25) is 0 Å². The number of aryl methyl sites for hydroxylation is 1. The van der Waals surface area contributed by atoms with Crippen LogP contribution >= 0.6 is 0 Å². The van der Waals surface area contributed by atoms with Gasteiger partial charge in [-0.05, 0) is 37.0 Å². The van der Waals surface area contributed by atoms with E-state index in [1.165, 1.54) is 0 Å². The number of nitrogens with zero attached hydrogens (tertiary/aromatic N) is 1. The molecule has 6 nitrogen and oxygen atoms in total. The highest BCUT2D eigenvalue weighted by molar-refractivity contribution is 5.96. The van der Waals surface area contributed by atoms with Gasteiger partial charge in [0.2, 0.25) is 5.91 Å². The van der Waals surface area contributed by atoms with E-state index in [0.29, 0.717) is 42.6 Å². The Morgan fingerprint density at radius 3 is 2.50 bits per heavy atom. The van der Waals surface area contributed by atoms with Crippen LogP contribution in [0, 0.1) is 18.8 Å². The van der Waals surface area contributed by atoms with Crippen molar-refractivity contribution in [1.82, 2.24) is 10.2 Å². The summed E-state index contributed by atoms with van der Waals surface area (Å²) in [6.07, 6.45) is 0.917. The molecule has 2 aromatic carbocycles. The van der Waals surface area contributed by atoms with Gasteiger partial charge in [-0.25, -0.2) is 0 Å². The number of ether oxygens (including phenoxy) is 2. The molecule has 32 heavy (non-hydrogen) atoms. The zero-order valence-corrected chi connectivity index (χ0v) is 19.7. The van der Waals surface area contributed by atoms with Gasteiger partial charge < -0.3 is 19.7 Å². The van der Waals surface area contributed by atoms with Gasteiger partial charge in [-0.3, -0.25) is 9.59 Å². The van der Waals surface area contributed by atoms with Gasteiger partial charge in [-0.1, -0.05) is 38.1 Å². The molecule has 1 saturated heterocycles. The summed E-state index contributed by atoms with van der Waals surface area (Å²) in [4.78, 5) is 28.3. The van der Waals surface area contributed by atoms with Crippen molar-refractivity contribution in [2.75, 3.05) is 33.9 Å². The smallest absolute Gasteiger partial charge is 0.254 e. The maximum Gasteiger partial charge on any atom is 0.254 e.